The van der Waals surface area contributed by atoms with Gasteiger partial charge in [0, 0.05) is 18.2 Å². The van der Waals surface area contributed by atoms with Gasteiger partial charge >= 0.3 is 0 Å². The highest BCUT2D eigenvalue weighted by Gasteiger charge is 2.16. The van der Waals surface area contributed by atoms with E-state index >= 15 is 0 Å². The normalized spacial score (nSPS) is 16.6. The first kappa shape index (κ1) is 7.55. The van der Waals surface area contributed by atoms with Gasteiger partial charge in [-0.05, 0) is 17.7 Å². The van der Waals surface area contributed by atoms with Crippen LogP contribution in [0.2, 0.25) is 0 Å². The van der Waals surface area contributed by atoms with Crippen molar-refractivity contribution in [2.45, 2.75) is 6.42 Å². The molecule has 1 aromatic carbocycles. The Kier molecular flexibility index (Phi) is 1.53. The zero-order valence-corrected chi connectivity index (χ0v) is 7.43. The fourth-order valence-corrected chi connectivity index (χ4v) is 1.58. The van der Waals surface area contributed by atoms with Crippen molar-refractivity contribution >= 4 is 12.4 Å². The van der Waals surface area contributed by atoms with Crippen LogP contribution in [-0.4, -0.2) is 19.2 Å². The molecule has 2 heterocycles. The molecule has 4 nitrogen and oxygen atoms in total. The molecule has 3 rings (SSSR count). The molecule has 1 aromatic rings. The maximum atomic E-state index is 5.29. The van der Waals surface area contributed by atoms with Gasteiger partial charge in [-0.3, -0.25) is 0 Å². The second-order valence-corrected chi connectivity index (χ2v) is 3.15. The Hall–Kier alpha value is -1.84. The molecule has 0 amide bonds. The summed E-state index contributed by atoms with van der Waals surface area (Å²) in [6, 6.07) is 3.93. The fourth-order valence-electron chi connectivity index (χ4n) is 1.58. The number of ether oxygens (including phenoxy) is 2. The number of hydrogen-bond acceptors (Lipinski definition) is 4. The van der Waals surface area contributed by atoms with Crippen LogP contribution in [0.4, 0.5) is 0 Å². The van der Waals surface area contributed by atoms with E-state index in [-0.39, 0.29) is 0 Å². The maximum absolute atomic E-state index is 5.29. The molecule has 14 heavy (non-hydrogen) atoms. The van der Waals surface area contributed by atoms with Gasteiger partial charge in [-0.2, -0.15) is 10.2 Å². The molecule has 0 unspecified atom stereocenters. The predicted octanol–water partition coefficient (Wildman–Crippen LogP) is 1.38. The van der Waals surface area contributed by atoms with E-state index in [0.717, 1.165) is 23.5 Å². The summed E-state index contributed by atoms with van der Waals surface area (Å²) in [6.07, 6.45) is 4.30. The molecule has 0 saturated carbocycles. The van der Waals surface area contributed by atoms with Gasteiger partial charge in [0.1, 0.15) is 0 Å². The molecule has 4 heteroatoms. The van der Waals surface area contributed by atoms with Crippen molar-refractivity contribution in [1.29, 1.82) is 0 Å². The Morgan fingerprint density at radius 2 is 1.93 bits per heavy atom. The number of rotatable bonds is 0. The van der Waals surface area contributed by atoms with Crippen molar-refractivity contribution < 1.29 is 9.47 Å². The van der Waals surface area contributed by atoms with E-state index in [9.17, 15) is 0 Å². The maximum Gasteiger partial charge on any atom is 0.231 e. The Balaban J connectivity index is 2.16. The molecule has 0 saturated heterocycles. The summed E-state index contributed by atoms with van der Waals surface area (Å²) in [5.41, 5.74) is 2.21. The third-order valence-corrected chi connectivity index (χ3v) is 2.29. The Morgan fingerprint density at radius 3 is 2.86 bits per heavy atom. The minimum absolute atomic E-state index is 0.309. The van der Waals surface area contributed by atoms with Crippen LogP contribution >= 0.6 is 0 Å². The second-order valence-electron chi connectivity index (χ2n) is 3.15. The summed E-state index contributed by atoms with van der Waals surface area (Å²) < 4.78 is 10.6. The first-order valence-electron chi connectivity index (χ1n) is 4.41. The van der Waals surface area contributed by atoms with E-state index in [1.54, 1.807) is 12.4 Å². The third kappa shape index (κ3) is 1.08. The van der Waals surface area contributed by atoms with Gasteiger partial charge in [-0.15, -0.1) is 0 Å². The molecule has 0 fully saturated rings. The Morgan fingerprint density at radius 1 is 1.07 bits per heavy atom. The summed E-state index contributed by atoms with van der Waals surface area (Å²) in [6.45, 7) is 0.309. The molecule has 0 radical (unpaired) electrons. The van der Waals surface area contributed by atoms with Crippen molar-refractivity contribution in [2.24, 2.45) is 10.2 Å². The molecule has 70 valence electrons. The topological polar surface area (TPSA) is 43.2 Å². The monoisotopic (exact) mass is 188 g/mol. The van der Waals surface area contributed by atoms with Crippen molar-refractivity contribution in [3.05, 3.63) is 23.3 Å². The highest BCUT2D eigenvalue weighted by Crippen LogP contribution is 2.34. The minimum Gasteiger partial charge on any atom is -0.454 e. The van der Waals surface area contributed by atoms with Crippen LogP contribution in [0.25, 0.3) is 0 Å². The molecule has 0 spiro atoms. The SMILES string of the molecule is C1=NN=Cc2cc3c(cc2C1)OCO3. The van der Waals surface area contributed by atoms with Gasteiger partial charge in [0.2, 0.25) is 6.79 Å². The zero-order chi connectivity index (χ0) is 9.38. The van der Waals surface area contributed by atoms with Gasteiger partial charge < -0.3 is 9.47 Å². The number of hydrogen-bond donors (Lipinski definition) is 0. The lowest BCUT2D eigenvalue weighted by Crippen LogP contribution is -1.93. The van der Waals surface area contributed by atoms with Crippen LogP contribution in [0, 0.1) is 0 Å². The van der Waals surface area contributed by atoms with Gasteiger partial charge in [0.25, 0.3) is 0 Å². The lowest BCUT2D eigenvalue weighted by molar-refractivity contribution is 0.174. The van der Waals surface area contributed by atoms with Crippen LogP contribution in [-0.2, 0) is 6.42 Å². The number of fused-ring (bicyclic) bond motifs is 2. The highest BCUT2D eigenvalue weighted by molar-refractivity contribution is 5.86. The summed E-state index contributed by atoms with van der Waals surface area (Å²) >= 11 is 0. The van der Waals surface area contributed by atoms with Crippen molar-refractivity contribution in [1.82, 2.24) is 0 Å². The standard InChI is InChI=1S/C10H8N2O2/c1-2-11-12-5-8-4-10-9(3-7(1)8)13-6-14-10/h2-5H,1,6H2. The summed E-state index contributed by atoms with van der Waals surface area (Å²) in [5.74, 6) is 1.60. The van der Waals surface area contributed by atoms with Crippen LogP contribution in [0.15, 0.2) is 22.3 Å². The summed E-state index contributed by atoms with van der Waals surface area (Å²) in [7, 11) is 0. The molecule has 0 aromatic heterocycles. The van der Waals surface area contributed by atoms with Crippen molar-refractivity contribution in [3.63, 3.8) is 0 Å². The molecule has 2 aliphatic rings. The van der Waals surface area contributed by atoms with Crippen LogP contribution in [0.1, 0.15) is 11.1 Å². The van der Waals surface area contributed by atoms with Crippen LogP contribution < -0.4 is 9.47 Å². The van der Waals surface area contributed by atoms with E-state index in [2.05, 4.69) is 10.2 Å². The van der Waals surface area contributed by atoms with Gasteiger partial charge in [-0.1, -0.05) is 0 Å². The largest absolute Gasteiger partial charge is 0.454 e. The molecule has 0 bridgehead atoms. The Labute approximate surface area is 80.9 Å². The van der Waals surface area contributed by atoms with Crippen LogP contribution in [0.3, 0.4) is 0 Å². The van der Waals surface area contributed by atoms with Crippen molar-refractivity contribution in [3.8, 4) is 11.5 Å². The Bertz CT molecular complexity index is 438. The molecular formula is C10H8N2O2. The number of nitrogens with zero attached hydrogens (tertiary/aromatic N) is 2. The molecule has 0 aliphatic carbocycles. The third-order valence-electron chi connectivity index (χ3n) is 2.29. The number of benzene rings is 1. The average Bonchev–Trinajstić information content (AvgIpc) is 2.51. The van der Waals surface area contributed by atoms with E-state index < -0.39 is 0 Å². The summed E-state index contributed by atoms with van der Waals surface area (Å²) in [5, 5.41) is 7.74. The average molecular weight is 188 g/mol. The van der Waals surface area contributed by atoms with Crippen LogP contribution in [0.5, 0.6) is 11.5 Å². The quantitative estimate of drug-likeness (QED) is 0.617. The second kappa shape index (κ2) is 2.83. The van der Waals surface area contributed by atoms with Gasteiger partial charge in [0.05, 0.1) is 6.21 Å². The first-order chi connectivity index (χ1) is 6.93. The summed E-state index contributed by atoms with van der Waals surface area (Å²) in [4.78, 5) is 0. The smallest absolute Gasteiger partial charge is 0.231 e. The van der Waals surface area contributed by atoms with E-state index in [0.29, 0.717) is 6.79 Å². The molecule has 0 atom stereocenters. The van der Waals surface area contributed by atoms with Gasteiger partial charge in [0.15, 0.2) is 11.5 Å². The van der Waals surface area contributed by atoms with E-state index in [4.69, 9.17) is 9.47 Å². The highest BCUT2D eigenvalue weighted by atomic mass is 16.7. The fraction of sp³-hybridized carbons (Fsp3) is 0.200. The molecule has 2 aliphatic heterocycles. The predicted molar refractivity (Wildman–Crippen MR) is 52.4 cm³/mol. The zero-order valence-electron chi connectivity index (χ0n) is 7.43. The van der Waals surface area contributed by atoms with E-state index in [1.165, 1.54) is 5.56 Å². The molecule has 0 N–H and O–H groups in total. The van der Waals surface area contributed by atoms with Crippen molar-refractivity contribution in [2.75, 3.05) is 6.79 Å². The lowest BCUT2D eigenvalue weighted by Gasteiger charge is -2.03. The molecular weight excluding hydrogens is 180 g/mol. The minimum atomic E-state index is 0.309. The van der Waals surface area contributed by atoms with E-state index in [1.807, 2.05) is 12.1 Å². The first-order valence-corrected chi connectivity index (χ1v) is 4.41. The lowest BCUT2D eigenvalue weighted by atomic mass is 10.1. The van der Waals surface area contributed by atoms with Gasteiger partial charge in [-0.25, -0.2) is 0 Å².